The summed E-state index contributed by atoms with van der Waals surface area (Å²) in [6.45, 7) is 10.4. The van der Waals surface area contributed by atoms with E-state index in [1.807, 2.05) is 13.8 Å². The smallest absolute Gasteiger partial charge is 0.240 e. The Bertz CT molecular complexity index is 296. The largest absolute Gasteiger partial charge is 0.352 e. The van der Waals surface area contributed by atoms with Crippen molar-refractivity contribution in [2.75, 3.05) is 0 Å². The van der Waals surface area contributed by atoms with Gasteiger partial charge < -0.3 is 5.32 Å². The number of carbonyl (C=O) groups excluding carboxylic acids is 1. The SMILES string of the molecule is CCCC(C#N)(CCC)C(=O)NC(C)C(CC)CC. The van der Waals surface area contributed by atoms with Crippen LogP contribution in [0, 0.1) is 22.7 Å². The number of rotatable bonds is 9. The fraction of sp³-hybridized carbons (Fsp3) is 0.875. The molecular weight excluding hydrogens is 236 g/mol. The molecular formula is C16H30N2O. The predicted octanol–water partition coefficient (Wildman–Crippen LogP) is 4.04. The minimum Gasteiger partial charge on any atom is -0.352 e. The molecule has 0 aliphatic heterocycles. The molecule has 3 heteroatoms. The summed E-state index contributed by atoms with van der Waals surface area (Å²) in [5, 5.41) is 12.5. The van der Waals surface area contributed by atoms with Crippen LogP contribution in [0.15, 0.2) is 0 Å². The second kappa shape index (κ2) is 8.96. The van der Waals surface area contributed by atoms with Crippen LogP contribution in [0.1, 0.15) is 73.1 Å². The third kappa shape index (κ3) is 4.86. The topological polar surface area (TPSA) is 52.9 Å². The van der Waals surface area contributed by atoms with E-state index in [1.165, 1.54) is 0 Å². The number of carbonyl (C=O) groups is 1. The Morgan fingerprint density at radius 3 is 1.95 bits per heavy atom. The van der Waals surface area contributed by atoms with E-state index in [4.69, 9.17) is 0 Å². The molecule has 0 aromatic carbocycles. The van der Waals surface area contributed by atoms with E-state index in [9.17, 15) is 10.1 Å². The minimum atomic E-state index is -0.830. The highest BCUT2D eigenvalue weighted by Crippen LogP contribution is 2.30. The van der Waals surface area contributed by atoms with E-state index in [2.05, 4.69) is 32.2 Å². The Labute approximate surface area is 118 Å². The minimum absolute atomic E-state index is 0.0712. The first-order valence-electron chi connectivity index (χ1n) is 7.73. The molecule has 3 nitrogen and oxygen atoms in total. The highest BCUT2D eigenvalue weighted by molar-refractivity contribution is 5.85. The molecule has 19 heavy (non-hydrogen) atoms. The normalized spacial score (nSPS) is 13.1. The van der Waals surface area contributed by atoms with Crippen molar-refractivity contribution in [3.05, 3.63) is 0 Å². The summed E-state index contributed by atoms with van der Waals surface area (Å²) in [5.74, 6) is 0.418. The summed E-state index contributed by atoms with van der Waals surface area (Å²) >= 11 is 0. The molecule has 1 atom stereocenters. The van der Waals surface area contributed by atoms with Crippen LogP contribution < -0.4 is 5.32 Å². The van der Waals surface area contributed by atoms with E-state index in [-0.39, 0.29) is 11.9 Å². The molecule has 0 saturated heterocycles. The number of nitriles is 1. The molecule has 0 radical (unpaired) electrons. The average Bonchev–Trinajstić information content (AvgIpc) is 2.39. The van der Waals surface area contributed by atoms with Gasteiger partial charge in [-0.25, -0.2) is 0 Å². The molecule has 0 aliphatic carbocycles. The van der Waals surface area contributed by atoms with Crippen molar-refractivity contribution in [2.24, 2.45) is 11.3 Å². The zero-order valence-electron chi connectivity index (χ0n) is 13.3. The number of nitrogens with one attached hydrogen (secondary N) is 1. The lowest BCUT2D eigenvalue weighted by Gasteiger charge is -2.29. The Balaban J connectivity index is 4.87. The van der Waals surface area contributed by atoms with Crippen LogP contribution in [0.3, 0.4) is 0 Å². The van der Waals surface area contributed by atoms with Gasteiger partial charge in [0.1, 0.15) is 5.41 Å². The van der Waals surface area contributed by atoms with Crippen molar-refractivity contribution >= 4 is 5.91 Å². The molecule has 0 rings (SSSR count). The molecule has 1 N–H and O–H groups in total. The van der Waals surface area contributed by atoms with Gasteiger partial charge in [-0.2, -0.15) is 5.26 Å². The highest BCUT2D eigenvalue weighted by Gasteiger charge is 2.37. The van der Waals surface area contributed by atoms with Crippen molar-refractivity contribution in [1.29, 1.82) is 5.26 Å². The molecule has 0 aromatic heterocycles. The zero-order valence-corrected chi connectivity index (χ0v) is 13.3. The Morgan fingerprint density at radius 2 is 1.63 bits per heavy atom. The summed E-state index contributed by atoms with van der Waals surface area (Å²) in [6.07, 6.45) is 5.14. The van der Waals surface area contributed by atoms with Crippen LogP contribution in [0.5, 0.6) is 0 Å². The first-order chi connectivity index (χ1) is 9.01. The summed E-state index contributed by atoms with van der Waals surface area (Å²) < 4.78 is 0. The monoisotopic (exact) mass is 266 g/mol. The lowest BCUT2D eigenvalue weighted by Crippen LogP contribution is -2.46. The van der Waals surface area contributed by atoms with Crippen molar-refractivity contribution in [3.63, 3.8) is 0 Å². The van der Waals surface area contributed by atoms with Gasteiger partial charge in [0.25, 0.3) is 0 Å². The van der Waals surface area contributed by atoms with E-state index in [0.29, 0.717) is 18.8 Å². The summed E-state index contributed by atoms with van der Waals surface area (Å²) in [6, 6.07) is 2.43. The third-order valence-electron chi connectivity index (χ3n) is 4.12. The Hall–Kier alpha value is -1.04. The number of hydrogen-bond donors (Lipinski definition) is 1. The Morgan fingerprint density at radius 1 is 1.16 bits per heavy atom. The van der Waals surface area contributed by atoms with Crippen LogP contribution in [0.2, 0.25) is 0 Å². The van der Waals surface area contributed by atoms with Crippen molar-refractivity contribution < 1.29 is 4.79 Å². The van der Waals surface area contributed by atoms with Crippen LogP contribution in [-0.2, 0) is 4.79 Å². The van der Waals surface area contributed by atoms with Crippen LogP contribution in [-0.4, -0.2) is 11.9 Å². The highest BCUT2D eigenvalue weighted by atomic mass is 16.2. The van der Waals surface area contributed by atoms with Crippen molar-refractivity contribution in [3.8, 4) is 6.07 Å². The van der Waals surface area contributed by atoms with Gasteiger partial charge in [0.05, 0.1) is 6.07 Å². The number of nitrogens with zero attached hydrogens (tertiary/aromatic N) is 1. The molecule has 0 bridgehead atoms. The van der Waals surface area contributed by atoms with Gasteiger partial charge in [0.15, 0.2) is 0 Å². The average molecular weight is 266 g/mol. The molecule has 0 heterocycles. The lowest BCUT2D eigenvalue weighted by atomic mass is 9.79. The maximum Gasteiger partial charge on any atom is 0.240 e. The molecule has 0 fully saturated rings. The van der Waals surface area contributed by atoms with E-state index in [0.717, 1.165) is 25.7 Å². The molecule has 0 saturated carbocycles. The number of hydrogen-bond acceptors (Lipinski definition) is 2. The van der Waals surface area contributed by atoms with Gasteiger partial charge in [-0.05, 0) is 25.7 Å². The van der Waals surface area contributed by atoms with Gasteiger partial charge in [-0.15, -0.1) is 0 Å². The Kier molecular flexibility index (Phi) is 8.47. The lowest BCUT2D eigenvalue weighted by molar-refractivity contribution is -0.130. The van der Waals surface area contributed by atoms with Gasteiger partial charge in [0, 0.05) is 6.04 Å². The molecule has 0 aromatic rings. The maximum atomic E-state index is 12.5. The zero-order chi connectivity index (χ0) is 14.9. The second-order valence-corrected chi connectivity index (χ2v) is 5.53. The first kappa shape index (κ1) is 18.0. The van der Waals surface area contributed by atoms with Crippen LogP contribution in [0.25, 0.3) is 0 Å². The van der Waals surface area contributed by atoms with Crippen molar-refractivity contribution in [2.45, 2.75) is 79.2 Å². The van der Waals surface area contributed by atoms with E-state index in [1.54, 1.807) is 0 Å². The van der Waals surface area contributed by atoms with Crippen LogP contribution in [0.4, 0.5) is 0 Å². The maximum absolute atomic E-state index is 12.5. The van der Waals surface area contributed by atoms with Gasteiger partial charge in [0.2, 0.25) is 5.91 Å². The summed E-state index contributed by atoms with van der Waals surface area (Å²) in [5.41, 5.74) is -0.830. The fourth-order valence-electron chi connectivity index (χ4n) is 2.83. The standard InChI is InChI=1S/C16H30N2O/c1-6-10-16(12-17,11-7-2)15(19)18-13(5)14(8-3)9-4/h13-14H,6-11H2,1-5H3,(H,18,19). The molecule has 0 aliphatic rings. The summed E-state index contributed by atoms with van der Waals surface area (Å²) in [4.78, 5) is 12.5. The molecule has 1 amide bonds. The van der Waals surface area contributed by atoms with E-state index >= 15 is 0 Å². The quantitative estimate of drug-likeness (QED) is 0.685. The van der Waals surface area contributed by atoms with Gasteiger partial charge in [-0.1, -0.05) is 53.4 Å². The van der Waals surface area contributed by atoms with Gasteiger partial charge in [-0.3, -0.25) is 4.79 Å². The van der Waals surface area contributed by atoms with Crippen LogP contribution >= 0.6 is 0 Å². The number of amides is 1. The summed E-state index contributed by atoms with van der Waals surface area (Å²) in [7, 11) is 0. The predicted molar refractivity (Wildman–Crippen MR) is 79.5 cm³/mol. The van der Waals surface area contributed by atoms with Gasteiger partial charge >= 0.3 is 0 Å². The van der Waals surface area contributed by atoms with Crippen molar-refractivity contribution in [1.82, 2.24) is 5.32 Å². The molecule has 0 spiro atoms. The first-order valence-corrected chi connectivity index (χ1v) is 7.73. The molecule has 110 valence electrons. The molecule has 1 unspecified atom stereocenters. The second-order valence-electron chi connectivity index (χ2n) is 5.53. The fourth-order valence-corrected chi connectivity index (χ4v) is 2.83. The third-order valence-corrected chi connectivity index (χ3v) is 4.12. The van der Waals surface area contributed by atoms with E-state index < -0.39 is 5.41 Å².